The zero-order valence-electron chi connectivity index (χ0n) is 14.6. The fraction of sp³-hybridized carbons (Fsp3) is 0.263. The molecule has 0 heterocycles. The van der Waals surface area contributed by atoms with Gasteiger partial charge in [0.2, 0.25) is 5.78 Å². The van der Waals surface area contributed by atoms with Crippen LogP contribution in [0.1, 0.15) is 26.3 Å². The molecule has 0 aliphatic rings. The van der Waals surface area contributed by atoms with Gasteiger partial charge in [-0.05, 0) is 36.8 Å². The molecule has 0 N–H and O–H groups in total. The maximum atomic E-state index is 12.3. The Morgan fingerprint density at radius 3 is 2.24 bits per heavy atom. The van der Waals surface area contributed by atoms with Crippen molar-refractivity contribution in [1.82, 2.24) is 0 Å². The second-order valence-electron chi connectivity index (χ2n) is 5.25. The molecule has 0 saturated heterocycles. The third-order valence-corrected chi connectivity index (χ3v) is 3.69. The summed E-state index contributed by atoms with van der Waals surface area (Å²) in [6.07, 6.45) is 0. The van der Waals surface area contributed by atoms with Crippen LogP contribution < -0.4 is 14.2 Å². The highest BCUT2D eigenvalue weighted by Crippen LogP contribution is 2.25. The Balaban J connectivity index is 2.08. The first kappa shape index (κ1) is 18.3. The van der Waals surface area contributed by atoms with Crippen LogP contribution in [-0.4, -0.2) is 39.7 Å². The Morgan fingerprint density at radius 2 is 1.60 bits per heavy atom. The predicted octanol–water partition coefficient (Wildman–Crippen LogP) is 3.06. The molecule has 0 aliphatic carbocycles. The monoisotopic (exact) mass is 344 g/mol. The van der Waals surface area contributed by atoms with Crippen LogP contribution in [0.5, 0.6) is 17.2 Å². The van der Waals surface area contributed by atoms with E-state index in [0.717, 1.165) is 5.56 Å². The Labute approximate surface area is 146 Å². The molecule has 0 atom stereocenters. The Bertz CT molecular complexity index is 781. The lowest BCUT2D eigenvalue weighted by atomic mass is 10.1. The molecule has 6 nitrogen and oxygen atoms in total. The lowest BCUT2D eigenvalue weighted by Gasteiger charge is -2.10. The second-order valence-corrected chi connectivity index (χ2v) is 5.25. The highest BCUT2D eigenvalue weighted by Gasteiger charge is 2.17. The number of ether oxygens (including phenoxy) is 4. The summed E-state index contributed by atoms with van der Waals surface area (Å²) >= 11 is 0. The zero-order chi connectivity index (χ0) is 18.4. The summed E-state index contributed by atoms with van der Waals surface area (Å²) in [5.74, 6) is 0.540. The number of ketones is 1. The molecule has 0 spiro atoms. The maximum absolute atomic E-state index is 12.3. The summed E-state index contributed by atoms with van der Waals surface area (Å²) in [5, 5.41) is 0. The van der Waals surface area contributed by atoms with Gasteiger partial charge in [0.25, 0.3) is 0 Å². The van der Waals surface area contributed by atoms with Crippen LogP contribution in [0.3, 0.4) is 0 Å². The average Bonchev–Trinajstić information content (AvgIpc) is 2.65. The number of hydrogen-bond donors (Lipinski definition) is 0. The number of rotatable bonds is 7. The van der Waals surface area contributed by atoms with Crippen molar-refractivity contribution in [1.29, 1.82) is 0 Å². The van der Waals surface area contributed by atoms with E-state index < -0.39 is 12.6 Å². The third kappa shape index (κ3) is 4.29. The molecule has 0 aromatic heterocycles. The van der Waals surface area contributed by atoms with Gasteiger partial charge >= 0.3 is 5.97 Å². The number of hydrogen-bond acceptors (Lipinski definition) is 6. The second kappa shape index (κ2) is 8.19. The van der Waals surface area contributed by atoms with Crippen LogP contribution in [0, 0.1) is 6.92 Å². The quantitative estimate of drug-likeness (QED) is 0.568. The molecular weight excluding hydrogens is 324 g/mol. The SMILES string of the molecule is COc1ccc(C(=O)COC(=O)c2ccc(C)c(OC)c2)c(OC)c1. The summed E-state index contributed by atoms with van der Waals surface area (Å²) in [6, 6.07) is 9.77. The van der Waals surface area contributed by atoms with Gasteiger partial charge in [0, 0.05) is 6.07 Å². The lowest BCUT2D eigenvalue weighted by molar-refractivity contribution is 0.0473. The first-order valence-corrected chi connectivity index (χ1v) is 7.57. The standard InChI is InChI=1S/C19H20O6/c1-12-5-6-13(9-17(12)23-3)19(21)25-11-16(20)15-8-7-14(22-2)10-18(15)24-4/h5-10H,11H2,1-4H3. The van der Waals surface area contributed by atoms with E-state index in [1.807, 2.05) is 6.92 Å². The van der Waals surface area contributed by atoms with Gasteiger partial charge in [-0.2, -0.15) is 0 Å². The van der Waals surface area contributed by atoms with Gasteiger partial charge in [0.05, 0.1) is 32.5 Å². The molecule has 0 fully saturated rings. The fourth-order valence-corrected chi connectivity index (χ4v) is 2.27. The van der Waals surface area contributed by atoms with Crippen LogP contribution in [0.4, 0.5) is 0 Å². The van der Waals surface area contributed by atoms with Crippen LogP contribution >= 0.6 is 0 Å². The molecule has 2 rings (SSSR count). The smallest absolute Gasteiger partial charge is 0.338 e. The minimum absolute atomic E-state index is 0.317. The van der Waals surface area contributed by atoms with Gasteiger partial charge in [-0.3, -0.25) is 4.79 Å². The first-order valence-electron chi connectivity index (χ1n) is 7.57. The van der Waals surface area contributed by atoms with E-state index in [9.17, 15) is 9.59 Å². The van der Waals surface area contributed by atoms with Crippen molar-refractivity contribution in [2.24, 2.45) is 0 Å². The number of benzene rings is 2. The van der Waals surface area contributed by atoms with Crippen molar-refractivity contribution in [2.45, 2.75) is 6.92 Å². The molecule has 2 aromatic carbocycles. The Kier molecular flexibility index (Phi) is 6.00. The van der Waals surface area contributed by atoms with Gasteiger partial charge in [0.15, 0.2) is 6.61 Å². The van der Waals surface area contributed by atoms with Crippen LogP contribution in [0.25, 0.3) is 0 Å². The summed E-state index contributed by atoms with van der Waals surface area (Å²) in [7, 11) is 4.50. The molecular formula is C19H20O6. The average molecular weight is 344 g/mol. The molecule has 0 unspecified atom stereocenters. The largest absolute Gasteiger partial charge is 0.497 e. The molecule has 6 heteroatoms. The molecule has 132 valence electrons. The van der Waals surface area contributed by atoms with Crippen molar-refractivity contribution < 1.29 is 28.5 Å². The van der Waals surface area contributed by atoms with Crippen LogP contribution in [-0.2, 0) is 4.74 Å². The maximum Gasteiger partial charge on any atom is 0.338 e. The minimum atomic E-state index is -0.598. The normalized spacial score (nSPS) is 10.1. The van der Waals surface area contributed by atoms with E-state index in [2.05, 4.69) is 0 Å². The van der Waals surface area contributed by atoms with E-state index >= 15 is 0 Å². The Hall–Kier alpha value is -3.02. The van der Waals surface area contributed by atoms with E-state index in [4.69, 9.17) is 18.9 Å². The van der Waals surface area contributed by atoms with Crippen LogP contribution in [0.2, 0.25) is 0 Å². The first-order chi connectivity index (χ1) is 12.0. The predicted molar refractivity (Wildman–Crippen MR) is 91.9 cm³/mol. The van der Waals surface area contributed by atoms with Gasteiger partial charge in [-0.1, -0.05) is 6.07 Å². The van der Waals surface area contributed by atoms with Crippen molar-refractivity contribution in [3.8, 4) is 17.2 Å². The highest BCUT2D eigenvalue weighted by atomic mass is 16.5. The molecule has 0 bridgehead atoms. The van der Waals surface area contributed by atoms with Gasteiger partial charge in [0.1, 0.15) is 17.2 Å². The molecule has 0 radical (unpaired) electrons. The van der Waals surface area contributed by atoms with Crippen molar-refractivity contribution >= 4 is 11.8 Å². The van der Waals surface area contributed by atoms with Crippen LogP contribution in [0.15, 0.2) is 36.4 Å². The number of carbonyl (C=O) groups excluding carboxylic acids is 2. The molecule has 2 aromatic rings. The number of carbonyl (C=O) groups is 2. The number of Topliss-reactive ketones (excluding diaryl/α,β-unsaturated/α-hetero) is 1. The van der Waals surface area contributed by atoms with E-state index in [0.29, 0.717) is 28.4 Å². The minimum Gasteiger partial charge on any atom is -0.497 e. The van der Waals surface area contributed by atoms with E-state index in [1.165, 1.54) is 21.3 Å². The topological polar surface area (TPSA) is 71.1 Å². The third-order valence-electron chi connectivity index (χ3n) is 3.69. The highest BCUT2D eigenvalue weighted by molar-refractivity contribution is 6.01. The summed E-state index contributed by atoms with van der Waals surface area (Å²) in [4.78, 5) is 24.4. The van der Waals surface area contributed by atoms with Crippen molar-refractivity contribution in [3.05, 3.63) is 53.1 Å². The van der Waals surface area contributed by atoms with Gasteiger partial charge in [-0.15, -0.1) is 0 Å². The number of methoxy groups -OCH3 is 3. The number of esters is 1. The van der Waals surface area contributed by atoms with Gasteiger partial charge < -0.3 is 18.9 Å². The van der Waals surface area contributed by atoms with Crippen molar-refractivity contribution in [3.63, 3.8) is 0 Å². The molecule has 25 heavy (non-hydrogen) atoms. The van der Waals surface area contributed by atoms with Crippen molar-refractivity contribution in [2.75, 3.05) is 27.9 Å². The Morgan fingerprint density at radius 1 is 0.880 bits per heavy atom. The molecule has 0 amide bonds. The van der Waals surface area contributed by atoms with Gasteiger partial charge in [-0.25, -0.2) is 4.79 Å². The lowest BCUT2D eigenvalue weighted by Crippen LogP contribution is -2.15. The summed E-state index contributed by atoms with van der Waals surface area (Å²) in [6.45, 7) is 1.48. The summed E-state index contributed by atoms with van der Waals surface area (Å²) < 4.78 is 20.6. The fourth-order valence-electron chi connectivity index (χ4n) is 2.27. The molecule has 0 aliphatic heterocycles. The molecule has 0 saturated carbocycles. The van der Waals surface area contributed by atoms with E-state index in [1.54, 1.807) is 36.4 Å². The van der Waals surface area contributed by atoms with E-state index in [-0.39, 0.29) is 5.78 Å². The number of aryl methyl sites for hydroxylation is 1. The zero-order valence-corrected chi connectivity index (χ0v) is 14.6. The summed E-state index contributed by atoms with van der Waals surface area (Å²) in [5.41, 5.74) is 1.53.